The summed E-state index contributed by atoms with van der Waals surface area (Å²) in [5, 5.41) is 30.4. The number of amides is 2. The number of carbonyl (C=O) groups excluding carboxylic acids is 2. The van der Waals surface area contributed by atoms with Gasteiger partial charge < -0.3 is 24.7 Å². The van der Waals surface area contributed by atoms with Crippen molar-refractivity contribution in [3.8, 4) is 6.07 Å². The Morgan fingerprint density at radius 2 is 0.842 bits per heavy atom. The Kier molecular flexibility index (Phi) is 48.9. The minimum Gasteiger partial charge on any atom is -0.449 e. The molecule has 2 amide bonds. The summed E-state index contributed by atoms with van der Waals surface area (Å²) in [5.41, 5.74) is 11.2. The molecular formula is C119H203FN10O7S2. The van der Waals surface area contributed by atoms with Gasteiger partial charge in [0.2, 0.25) is 5.91 Å². The van der Waals surface area contributed by atoms with Crippen LogP contribution in [-0.2, 0) is 51.2 Å². The third-order valence-corrected chi connectivity index (χ3v) is 35.3. The van der Waals surface area contributed by atoms with E-state index in [0.717, 1.165) is 159 Å². The molecule has 0 bridgehead atoms. The van der Waals surface area contributed by atoms with Crippen LogP contribution >= 0.6 is 0 Å². The highest BCUT2D eigenvalue weighted by atomic mass is 32.2. The molecule has 0 spiro atoms. The second-order valence-electron chi connectivity index (χ2n) is 48.7. The van der Waals surface area contributed by atoms with Gasteiger partial charge in [-0.05, 0) is 280 Å². The van der Waals surface area contributed by atoms with Crippen LogP contribution in [0.3, 0.4) is 0 Å². The third kappa shape index (κ3) is 39.2. The average molecular weight is 1970 g/mol. The molecule has 3 atom stereocenters. The van der Waals surface area contributed by atoms with Crippen molar-refractivity contribution in [3.05, 3.63) is 184 Å². The van der Waals surface area contributed by atoms with E-state index in [1.54, 1.807) is 22.2 Å². The Labute approximate surface area is 852 Å². The van der Waals surface area contributed by atoms with Crippen molar-refractivity contribution in [1.29, 1.82) is 5.26 Å². The Morgan fingerprint density at radius 3 is 1.19 bits per heavy atom. The Bertz CT molecular complexity index is 4650. The molecule has 1 aromatic heterocycles. The van der Waals surface area contributed by atoms with Crippen LogP contribution in [0.25, 0.3) is 0 Å². The first-order valence-corrected chi connectivity index (χ1v) is 54.7. The Morgan fingerprint density at radius 1 is 0.468 bits per heavy atom. The van der Waals surface area contributed by atoms with Crippen LogP contribution in [0.5, 0.6) is 0 Å². The van der Waals surface area contributed by atoms with Gasteiger partial charge in [0.05, 0.1) is 23.9 Å². The summed E-state index contributed by atoms with van der Waals surface area (Å²) >= 11 is 0. The van der Waals surface area contributed by atoms with E-state index in [0.29, 0.717) is 54.7 Å². The maximum Gasteiger partial charge on any atom is 0.410 e. The average Bonchev–Trinajstić information content (AvgIpc) is 1.57. The predicted molar refractivity (Wildman–Crippen MR) is 598 cm³/mol. The number of benzene rings is 3. The van der Waals surface area contributed by atoms with E-state index in [2.05, 4.69) is 300 Å². The molecular weight excluding hydrogens is 1760 g/mol. The van der Waals surface area contributed by atoms with E-state index in [-0.39, 0.29) is 91.7 Å². The molecule has 8 aliphatic heterocycles. The number of aryl methyl sites for hydroxylation is 1. The second kappa shape index (κ2) is 53.7. The molecule has 20 heteroatoms. The lowest BCUT2D eigenvalue weighted by molar-refractivity contribution is -0.129. The molecule has 4 saturated heterocycles. The predicted octanol–water partition coefficient (Wildman–Crippen LogP) is 26.6. The molecule has 2 saturated carbocycles. The first kappa shape index (κ1) is 127. The number of nitriles is 1. The highest BCUT2D eigenvalue weighted by molar-refractivity contribution is 7.99. The number of piperidine rings is 3. The van der Waals surface area contributed by atoms with E-state index < -0.39 is 36.3 Å². The van der Waals surface area contributed by atoms with Crippen molar-refractivity contribution >= 4 is 43.2 Å². The quantitative estimate of drug-likeness (QED) is 0.107. The minimum atomic E-state index is -2.08. The fourth-order valence-electron chi connectivity index (χ4n) is 19.1. The number of alkyl halides is 1. The molecule has 10 aliphatic rings. The molecule has 139 heavy (non-hydrogen) atoms. The number of rotatable bonds is 11. The van der Waals surface area contributed by atoms with Gasteiger partial charge in [-0.1, -0.05) is 283 Å². The molecule has 17 nitrogen and oxygen atoms in total. The van der Waals surface area contributed by atoms with E-state index >= 15 is 0 Å². The van der Waals surface area contributed by atoms with Crippen LogP contribution in [0, 0.1) is 45.8 Å². The van der Waals surface area contributed by atoms with Gasteiger partial charge in [-0.25, -0.2) is 17.8 Å². The van der Waals surface area contributed by atoms with Gasteiger partial charge in [0, 0.05) is 162 Å². The number of likely N-dealkylation sites (tertiary alicyclic amines) is 4. The summed E-state index contributed by atoms with van der Waals surface area (Å²) in [5.74, 6) is 8.52. The van der Waals surface area contributed by atoms with Gasteiger partial charge in [-0.2, -0.15) is 5.26 Å². The van der Waals surface area contributed by atoms with Crippen molar-refractivity contribution in [2.75, 3.05) is 111 Å². The van der Waals surface area contributed by atoms with Gasteiger partial charge >= 0.3 is 6.09 Å². The van der Waals surface area contributed by atoms with Crippen molar-refractivity contribution in [2.24, 2.45) is 27.6 Å². The van der Waals surface area contributed by atoms with Crippen molar-refractivity contribution in [3.63, 3.8) is 0 Å². The standard InChI is InChI=1S/C17H27N.C16H25NO.C15H22FN.C14H22N2O.C14H23NO2.C14H25NOS.C13H25NOS.C12H18N2O.4CH4/c1-16(2,3)18-13-8-11-17(4,12-14-18)15-9-6-5-7-10-15;1-13-5-7-14(8-6-13)16(18)9-11-17(12-10-16)15(2,3)4;1-14(2,3)17-11-9-15(16,10-12-17)13-7-5-4-6-8-13;1-13(2,3)16-9-6-14(17,7-10-16)12-5-4-8-15-11-12;1-14(2,3)12-6-8-15(9-7-12)13(16)17-10-11-4-5-11;1-14(2,3)12-8-10-15(11-9-12)17(4,16)13-6-5-7-13;1-11(2)16(6,15)14-9-7-12(8-10-14)13(3,4)5;1-12(2,3)10-5-8-14(9-6-10)11(15)4-7-13;;;;/h5-7,9-10H,8,11-14H2,1-4H3;5-8,18H,9-12H2,1-4H3;4-8H,9-12H2,1-3H3;4-5,8,11,17H,6-7,9-10H2,1-3H3;6,11H,4-5,7-10H2,1-3H3;8,13H,4-7,9-11H2,1-3H3;7,11H,6,8-10H2,1-5H3;5H,4,6,8-9H2,1-3H3;4*1H4. The zero-order chi connectivity index (χ0) is 101. The molecule has 14 rings (SSSR count). The van der Waals surface area contributed by atoms with Gasteiger partial charge in [0.25, 0.3) is 0 Å². The number of carbonyl (C=O) groups is 2. The van der Waals surface area contributed by atoms with E-state index in [1.807, 2.05) is 66.7 Å². The lowest BCUT2D eigenvalue weighted by Crippen LogP contribution is -2.50. The lowest BCUT2D eigenvalue weighted by atomic mass is 9.76. The number of halogens is 1. The largest absolute Gasteiger partial charge is 0.449 e. The molecule has 9 heterocycles. The topological polar surface area (TPSA) is 181 Å². The summed E-state index contributed by atoms with van der Waals surface area (Å²) < 4.78 is 49.3. The third-order valence-electron chi connectivity index (χ3n) is 30.0. The van der Waals surface area contributed by atoms with Gasteiger partial charge in [0.1, 0.15) is 12.1 Å². The van der Waals surface area contributed by atoms with Crippen molar-refractivity contribution in [1.82, 2.24) is 43.0 Å². The van der Waals surface area contributed by atoms with Crippen LogP contribution in [0.15, 0.2) is 156 Å². The molecule has 4 aromatic rings. The van der Waals surface area contributed by atoms with Gasteiger partial charge in [-0.3, -0.25) is 37.8 Å². The van der Waals surface area contributed by atoms with Crippen molar-refractivity contribution in [2.45, 2.75) is 401 Å². The summed E-state index contributed by atoms with van der Waals surface area (Å²) in [4.78, 5) is 40.7. The number of aliphatic hydroxyl groups is 2. The van der Waals surface area contributed by atoms with Gasteiger partial charge in [-0.15, -0.1) is 0 Å². The number of nitrogens with zero attached hydrogens (tertiary/aromatic N) is 10. The van der Waals surface area contributed by atoms with Crippen molar-refractivity contribution < 1.29 is 37.3 Å². The monoisotopic (exact) mass is 1970 g/mol. The lowest BCUT2D eigenvalue weighted by Gasteiger charge is -2.44. The molecule has 0 radical (unpaired) electrons. The van der Waals surface area contributed by atoms with E-state index in [1.165, 1.54) is 85.0 Å². The molecule has 3 aromatic carbocycles. The summed E-state index contributed by atoms with van der Waals surface area (Å²) in [6.45, 7) is 77.0. The SMILES string of the molecule is C.C.C.C.C=S(=O)(C(C)C)N1CC=C(C(C)(C)C)CC1.C=S(=O)(C1CCC1)N1CC=C(C(C)(C)C)CC1.CC(C)(C)C1=CCN(C(=O)CC#N)CC1.CC(C)(C)C1=CCN(C(=O)OCC2CC2)CC1.CC(C)(C)N1CCC(F)(c2ccccc2)CC1.CC(C)(C)N1CCC(O)(c2cccnc2)CC1.CC1(c2ccccc2)CCCN(C(C)(C)C)CC1.Cc1ccc(C2(O)CCN(C(C)(C)C)CC2)cc1. The zero-order valence-corrected chi connectivity index (χ0v) is 91.5. The molecule has 6 fully saturated rings. The Balaban J connectivity index is 0.000000407. The van der Waals surface area contributed by atoms with Crippen LogP contribution in [-0.4, -0.2) is 229 Å². The number of aromatic nitrogens is 1. The molecule has 2 aliphatic carbocycles. The maximum atomic E-state index is 14.8. The molecule has 790 valence electrons. The fraction of sp³-hybridized carbons (Fsp3) is 0.697. The first-order chi connectivity index (χ1) is 62.4. The van der Waals surface area contributed by atoms with E-state index in [9.17, 15) is 32.6 Å². The number of hydrogen-bond donors (Lipinski definition) is 2. The molecule has 3 unspecified atom stereocenters. The normalized spacial score (nSPS) is 21.8. The van der Waals surface area contributed by atoms with Crippen LogP contribution in [0.4, 0.5) is 9.18 Å². The summed E-state index contributed by atoms with van der Waals surface area (Å²) in [6.07, 6.45) is 30.4. The van der Waals surface area contributed by atoms with Gasteiger partial charge in [0.15, 0.2) is 0 Å². The highest BCUT2D eigenvalue weighted by Crippen LogP contribution is 2.43. The summed E-state index contributed by atoms with van der Waals surface area (Å²) in [6, 6.07) is 34.7. The first-order valence-electron chi connectivity index (χ1n) is 51.2. The number of ether oxygens (including phenoxy) is 1. The zero-order valence-electron chi connectivity index (χ0n) is 89.9. The maximum absolute atomic E-state index is 14.8. The highest BCUT2D eigenvalue weighted by Gasteiger charge is 2.43. The Hall–Kier alpha value is -6.35. The number of pyridine rings is 1. The fourth-order valence-corrected chi connectivity index (χ4v) is 22.7. The van der Waals surface area contributed by atoms with E-state index in [4.69, 9.17) is 10.00 Å². The summed E-state index contributed by atoms with van der Waals surface area (Å²) in [7, 11) is -4.09. The van der Waals surface area contributed by atoms with Crippen LogP contribution in [0.2, 0.25) is 0 Å². The second-order valence-corrected chi connectivity index (χ2v) is 54.1. The molecule has 2 N–H and O–H groups in total. The van der Waals surface area contributed by atoms with Crippen LogP contribution in [0.1, 0.15) is 366 Å². The van der Waals surface area contributed by atoms with Crippen LogP contribution < -0.4 is 0 Å². The minimum absolute atomic E-state index is 0. The smallest absolute Gasteiger partial charge is 0.410 e. The number of hydrogen-bond acceptors (Lipinski definition) is 13.